The van der Waals surface area contributed by atoms with Gasteiger partial charge in [0.05, 0.1) is 13.2 Å². The molecule has 82 valence electrons. The molecule has 0 aromatic heterocycles. The maximum absolute atomic E-state index is 12.2. The number of nitrogens with zero attached hydrogens (tertiary/aromatic N) is 1. The molecule has 1 aliphatic rings. The van der Waals surface area contributed by atoms with Crippen molar-refractivity contribution < 1.29 is 22.7 Å². The minimum Gasteiger partial charge on any atom is -0.378 e. The number of ether oxygens (including phenoxy) is 1. The molecule has 0 radical (unpaired) electrons. The lowest BCUT2D eigenvalue weighted by Gasteiger charge is -2.29. The molecule has 0 aliphatic carbocycles. The first-order valence-corrected chi connectivity index (χ1v) is 4.36. The van der Waals surface area contributed by atoms with E-state index in [1.54, 1.807) is 0 Å². The van der Waals surface area contributed by atoms with Crippen LogP contribution in [-0.2, 0) is 9.53 Å². The number of carbonyl (C=O) groups excluding carboxylic acids is 1. The van der Waals surface area contributed by atoms with Gasteiger partial charge in [0.25, 0.3) is 0 Å². The van der Waals surface area contributed by atoms with Gasteiger partial charge in [-0.2, -0.15) is 13.2 Å². The third-order valence-electron chi connectivity index (χ3n) is 2.18. The first-order valence-electron chi connectivity index (χ1n) is 4.36. The minimum absolute atomic E-state index is 0.249. The minimum atomic E-state index is -4.45. The van der Waals surface area contributed by atoms with Gasteiger partial charge in [-0.05, 0) is 6.92 Å². The van der Waals surface area contributed by atoms with Gasteiger partial charge >= 0.3 is 6.18 Å². The Hall–Kier alpha value is -0.780. The summed E-state index contributed by atoms with van der Waals surface area (Å²) in [6, 6.07) is 0. The molecule has 1 heterocycles. The van der Waals surface area contributed by atoms with E-state index >= 15 is 0 Å². The average Bonchev–Trinajstić information content (AvgIpc) is 2.15. The highest BCUT2D eigenvalue weighted by atomic mass is 19.4. The number of hydrogen-bond donors (Lipinski definition) is 0. The molecular weight excluding hydrogens is 199 g/mol. The SMILES string of the molecule is C[C@H](C(=O)N1CCOCC1)C(F)(F)F. The highest BCUT2D eigenvalue weighted by Gasteiger charge is 2.43. The van der Waals surface area contributed by atoms with Gasteiger partial charge in [-0.1, -0.05) is 0 Å². The molecule has 1 rings (SSSR count). The average molecular weight is 211 g/mol. The molecular formula is C8H12F3NO2. The zero-order valence-electron chi connectivity index (χ0n) is 7.80. The third kappa shape index (κ3) is 2.60. The lowest BCUT2D eigenvalue weighted by molar-refractivity contribution is -0.187. The molecule has 1 fully saturated rings. The summed E-state index contributed by atoms with van der Waals surface area (Å²) in [5, 5.41) is 0. The molecule has 0 aromatic rings. The van der Waals surface area contributed by atoms with Gasteiger partial charge in [0.2, 0.25) is 5.91 Å². The molecule has 0 saturated carbocycles. The number of halogens is 3. The Bertz CT molecular complexity index is 211. The molecule has 0 spiro atoms. The van der Waals surface area contributed by atoms with E-state index < -0.39 is 18.0 Å². The summed E-state index contributed by atoms with van der Waals surface area (Å²) < 4.78 is 41.5. The molecule has 14 heavy (non-hydrogen) atoms. The molecule has 1 aliphatic heterocycles. The van der Waals surface area contributed by atoms with Crippen LogP contribution < -0.4 is 0 Å². The number of carbonyl (C=O) groups is 1. The van der Waals surface area contributed by atoms with Crippen molar-refractivity contribution in [2.75, 3.05) is 26.3 Å². The first kappa shape index (κ1) is 11.3. The normalized spacial score (nSPS) is 20.7. The second kappa shape index (κ2) is 4.16. The monoisotopic (exact) mass is 211 g/mol. The van der Waals surface area contributed by atoms with Crippen LogP contribution in [0.15, 0.2) is 0 Å². The summed E-state index contributed by atoms with van der Waals surface area (Å²) in [5.74, 6) is -2.78. The fourth-order valence-corrected chi connectivity index (χ4v) is 1.20. The second-order valence-electron chi connectivity index (χ2n) is 3.20. The third-order valence-corrected chi connectivity index (χ3v) is 2.18. The van der Waals surface area contributed by atoms with E-state index in [4.69, 9.17) is 4.74 Å². The number of morpholine rings is 1. The number of hydrogen-bond acceptors (Lipinski definition) is 2. The summed E-state index contributed by atoms with van der Waals surface area (Å²) in [4.78, 5) is 12.5. The van der Waals surface area contributed by atoms with E-state index in [2.05, 4.69) is 0 Å². The quantitative estimate of drug-likeness (QED) is 0.648. The molecule has 0 unspecified atom stereocenters. The predicted molar refractivity (Wildman–Crippen MR) is 42.6 cm³/mol. The molecule has 1 amide bonds. The van der Waals surface area contributed by atoms with Gasteiger partial charge in [0, 0.05) is 13.1 Å². The van der Waals surface area contributed by atoms with Crippen molar-refractivity contribution in [1.29, 1.82) is 0 Å². The smallest absolute Gasteiger partial charge is 0.378 e. The van der Waals surface area contributed by atoms with Crippen molar-refractivity contribution in [3.63, 3.8) is 0 Å². The van der Waals surface area contributed by atoms with Gasteiger partial charge in [-0.3, -0.25) is 4.79 Å². The van der Waals surface area contributed by atoms with Crippen LogP contribution in [0, 0.1) is 5.92 Å². The van der Waals surface area contributed by atoms with Crippen LogP contribution in [0.2, 0.25) is 0 Å². The van der Waals surface area contributed by atoms with Crippen LogP contribution in [0.4, 0.5) is 13.2 Å². The van der Waals surface area contributed by atoms with Gasteiger partial charge in [0.1, 0.15) is 5.92 Å². The van der Waals surface area contributed by atoms with Crippen LogP contribution in [0.25, 0.3) is 0 Å². The standard InChI is InChI=1S/C8H12F3NO2/c1-6(8(9,10)11)7(13)12-2-4-14-5-3-12/h6H,2-5H2,1H3/t6-/m1/s1. The molecule has 0 N–H and O–H groups in total. The van der Waals surface area contributed by atoms with Crippen LogP contribution >= 0.6 is 0 Å². The Balaban J connectivity index is 2.55. The van der Waals surface area contributed by atoms with Gasteiger partial charge in [-0.15, -0.1) is 0 Å². The Morgan fingerprint density at radius 3 is 2.29 bits per heavy atom. The number of amides is 1. The van der Waals surface area contributed by atoms with Crippen molar-refractivity contribution in [3.05, 3.63) is 0 Å². The van der Waals surface area contributed by atoms with E-state index in [9.17, 15) is 18.0 Å². The second-order valence-corrected chi connectivity index (χ2v) is 3.20. The Kier molecular flexibility index (Phi) is 3.36. The van der Waals surface area contributed by atoms with Crippen molar-refractivity contribution in [1.82, 2.24) is 4.90 Å². The topological polar surface area (TPSA) is 29.5 Å². The molecule has 0 aromatic carbocycles. The highest BCUT2D eigenvalue weighted by Crippen LogP contribution is 2.27. The van der Waals surface area contributed by atoms with Crippen LogP contribution in [0.3, 0.4) is 0 Å². The van der Waals surface area contributed by atoms with E-state index in [0.29, 0.717) is 13.2 Å². The van der Waals surface area contributed by atoms with E-state index in [-0.39, 0.29) is 13.1 Å². The van der Waals surface area contributed by atoms with Crippen molar-refractivity contribution in [3.8, 4) is 0 Å². The fourth-order valence-electron chi connectivity index (χ4n) is 1.20. The van der Waals surface area contributed by atoms with Gasteiger partial charge < -0.3 is 9.64 Å². The first-order chi connectivity index (χ1) is 6.43. The Labute approximate surface area is 79.8 Å². The lowest BCUT2D eigenvalue weighted by Crippen LogP contribution is -2.46. The van der Waals surface area contributed by atoms with Crippen molar-refractivity contribution in [2.24, 2.45) is 5.92 Å². The zero-order valence-corrected chi connectivity index (χ0v) is 7.80. The molecule has 6 heteroatoms. The molecule has 0 bridgehead atoms. The number of alkyl halides is 3. The Morgan fingerprint density at radius 2 is 1.86 bits per heavy atom. The Morgan fingerprint density at radius 1 is 1.36 bits per heavy atom. The largest absolute Gasteiger partial charge is 0.400 e. The van der Waals surface area contributed by atoms with Crippen LogP contribution in [-0.4, -0.2) is 43.3 Å². The summed E-state index contributed by atoms with van der Waals surface area (Å²) in [7, 11) is 0. The summed E-state index contributed by atoms with van der Waals surface area (Å²) >= 11 is 0. The lowest BCUT2D eigenvalue weighted by atomic mass is 10.1. The highest BCUT2D eigenvalue weighted by molar-refractivity contribution is 5.79. The van der Waals surface area contributed by atoms with E-state index in [1.807, 2.05) is 0 Å². The summed E-state index contributed by atoms with van der Waals surface area (Å²) in [6.45, 7) is 2.02. The van der Waals surface area contributed by atoms with E-state index in [1.165, 1.54) is 4.90 Å². The van der Waals surface area contributed by atoms with Gasteiger partial charge in [0.15, 0.2) is 0 Å². The molecule has 1 saturated heterocycles. The van der Waals surface area contributed by atoms with Crippen LogP contribution in [0.1, 0.15) is 6.92 Å². The molecule has 3 nitrogen and oxygen atoms in total. The fraction of sp³-hybridized carbons (Fsp3) is 0.875. The summed E-state index contributed by atoms with van der Waals surface area (Å²) in [6.07, 6.45) is -4.45. The predicted octanol–water partition coefficient (Wildman–Crippen LogP) is 1.04. The van der Waals surface area contributed by atoms with E-state index in [0.717, 1.165) is 6.92 Å². The summed E-state index contributed by atoms with van der Waals surface area (Å²) in [5.41, 5.74) is 0. The number of rotatable bonds is 1. The maximum Gasteiger partial charge on any atom is 0.400 e. The maximum atomic E-state index is 12.2. The van der Waals surface area contributed by atoms with Gasteiger partial charge in [-0.25, -0.2) is 0 Å². The van der Waals surface area contributed by atoms with Crippen molar-refractivity contribution >= 4 is 5.91 Å². The zero-order chi connectivity index (χ0) is 10.8. The van der Waals surface area contributed by atoms with Crippen molar-refractivity contribution in [2.45, 2.75) is 13.1 Å². The van der Waals surface area contributed by atoms with Crippen LogP contribution in [0.5, 0.6) is 0 Å². The molecule has 1 atom stereocenters.